The van der Waals surface area contributed by atoms with E-state index in [1.165, 1.54) is 57.1 Å². The maximum Gasteiger partial charge on any atom is -0.00207 e. The molecule has 0 N–H and O–H groups in total. The molecule has 4 aromatic rings. The highest BCUT2D eigenvalue weighted by Crippen LogP contribution is 2.50. The van der Waals surface area contributed by atoms with Crippen molar-refractivity contribution in [2.24, 2.45) is 11.8 Å². The predicted molar refractivity (Wildman–Crippen MR) is 99.0 cm³/mol. The highest BCUT2D eigenvalue weighted by Gasteiger charge is 2.33. The second-order valence-electron chi connectivity index (χ2n) is 7.36. The van der Waals surface area contributed by atoms with Gasteiger partial charge in [0.05, 0.1) is 0 Å². The van der Waals surface area contributed by atoms with Crippen LogP contribution in [0.15, 0.2) is 60.7 Å². The summed E-state index contributed by atoms with van der Waals surface area (Å²) in [6, 6.07) is 20.6. The maximum absolute atomic E-state index is 2.57. The molecule has 4 aromatic carbocycles. The third kappa shape index (κ3) is 1.51. The highest BCUT2D eigenvalue weighted by molar-refractivity contribution is 6.24. The van der Waals surface area contributed by atoms with E-state index in [0.717, 1.165) is 11.8 Å². The molecule has 2 aliphatic rings. The van der Waals surface area contributed by atoms with E-state index in [9.17, 15) is 0 Å². The minimum Gasteiger partial charge on any atom is -0.0773 e. The van der Waals surface area contributed by atoms with Gasteiger partial charge in [-0.1, -0.05) is 60.7 Å². The van der Waals surface area contributed by atoms with Gasteiger partial charge in [-0.25, -0.2) is 0 Å². The number of rotatable bonds is 1. The minimum absolute atomic E-state index is 0.804. The van der Waals surface area contributed by atoms with Gasteiger partial charge in [-0.3, -0.25) is 0 Å². The zero-order valence-corrected chi connectivity index (χ0v) is 13.0. The van der Waals surface area contributed by atoms with E-state index >= 15 is 0 Å². The number of hydrogen-bond acceptors (Lipinski definition) is 0. The fourth-order valence-electron chi connectivity index (χ4n) is 5.14. The van der Waals surface area contributed by atoms with E-state index in [-0.39, 0.29) is 0 Å². The molecule has 2 unspecified atom stereocenters. The van der Waals surface area contributed by atoms with Gasteiger partial charge in [-0.05, 0) is 74.6 Å². The first-order chi connectivity index (χ1) is 11.4. The molecule has 0 saturated heterocycles. The SMILES string of the molecule is C1=C(c2ccc3ccc4cccc5ccc2c3c45)C2CCC1C2. The van der Waals surface area contributed by atoms with Gasteiger partial charge in [0.1, 0.15) is 0 Å². The summed E-state index contributed by atoms with van der Waals surface area (Å²) in [4.78, 5) is 0. The molecule has 0 amide bonds. The molecule has 1 fully saturated rings. The lowest BCUT2D eigenvalue weighted by Crippen LogP contribution is -1.98. The third-order valence-electron chi connectivity index (χ3n) is 6.17. The monoisotopic (exact) mass is 294 g/mol. The van der Waals surface area contributed by atoms with Crippen LogP contribution in [0.2, 0.25) is 0 Å². The van der Waals surface area contributed by atoms with Gasteiger partial charge in [0, 0.05) is 0 Å². The Hall–Kier alpha value is -2.34. The maximum atomic E-state index is 2.57. The Morgan fingerprint density at radius 1 is 0.696 bits per heavy atom. The predicted octanol–water partition coefficient (Wildman–Crippen LogP) is 6.40. The van der Waals surface area contributed by atoms with E-state index in [2.05, 4.69) is 60.7 Å². The fourth-order valence-corrected chi connectivity index (χ4v) is 5.14. The summed E-state index contributed by atoms with van der Waals surface area (Å²) >= 11 is 0. The molecule has 2 aliphatic carbocycles. The average Bonchev–Trinajstić information content (AvgIpc) is 3.23. The number of allylic oxidation sites excluding steroid dienone is 2. The van der Waals surface area contributed by atoms with E-state index in [0.29, 0.717) is 0 Å². The quantitative estimate of drug-likeness (QED) is 0.356. The van der Waals surface area contributed by atoms with Crippen molar-refractivity contribution in [2.45, 2.75) is 19.3 Å². The molecule has 110 valence electrons. The normalized spacial score (nSPS) is 23.4. The van der Waals surface area contributed by atoms with Gasteiger partial charge in [0.2, 0.25) is 0 Å². The van der Waals surface area contributed by atoms with Crippen LogP contribution >= 0.6 is 0 Å². The summed E-state index contributed by atoms with van der Waals surface area (Å²) in [5, 5.41) is 8.44. The molecule has 23 heavy (non-hydrogen) atoms. The summed E-state index contributed by atoms with van der Waals surface area (Å²) in [5.41, 5.74) is 3.11. The molecule has 2 atom stereocenters. The van der Waals surface area contributed by atoms with Gasteiger partial charge in [0.25, 0.3) is 0 Å². The zero-order valence-electron chi connectivity index (χ0n) is 13.0. The molecule has 0 spiro atoms. The van der Waals surface area contributed by atoms with E-state index in [4.69, 9.17) is 0 Å². The third-order valence-corrected chi connectivity index (χ3v) is 6.17. The largest absolute Gasteiger partial charge is 0.0773 e. The van der Waals surface area contributed by atoms with Crippen molar-refractivity contribution in [1.82, 2.24) is 0 Å². The van der Waals surface area contributed by atoms with Gasteiger partial charge in [-0.2, -0.15) is 0 Å². The molecule has 2 bridgehead atoms. The molecule has 0 aromatic heterocycles. The van der Waals surface area contributed by atoms with E-state index in [1.807, 2.05) is 0 Å². The summed E-state index contributed by atoms with van der Waals surface area (Å²) < 4.78 is 0. The first-order valence-corrected chi connectivity index (χ1v) is 8.77. The van der Waals surface area contributed by atoms with Crippen molar-refractivity contribution >= 4 is 37.9 Å². The van der Waals surface area contributed by atoms with Gasteiger partial charge >= 0.3 is 0 Å². The minimum atomic E-state index is 0.804. The Bertz CT molecular complexity index is 1080. The number of fused-ring (bicyclic) bond motifs is 2. The van der Waals surface area contributed by atoms with Crippen molar-refractivity contribution in [3.8, 4) is 0 Å². The van der Waals surface area contributed by atoms with Crippen molar-refractivity contribution in [3.63, 3.8) is 0 Å². The van der Waals surface area contributed by atoms with Crippen LogP contribution in [0.3, 0.4) is 0 Å². The number of benzene rings is 4. The molecular weight excluding hydrogens is 276 g/mol. The lowest BCUT2D eigenvalue weighted by Gasteiger charge is -2.18. The van der Waals surface area contributed by atoms with Crippen molar-refractivity contribution < 1.29 is 0 Å². The van der Waals surface area contributed by atoms with Gasteiger partial charge < -0.3 is 0 Å². The van der Waals surface area contributed by atoms with Gasteiger partial charge in [0.15, 0.2) is 0 Å². The van der Waals surface area contributed by atoms with Crippen molar-refractivity contribution in [1.29, 1.82) is 0 Å². The summed E-state index contributed by atoms with van der Waals surface area (Å²) in [5.74, 6) is 1.65. The molecule has 0 heterocycles. The topological polar surface area (TPSA) is 0 Å². The van der Waals surface area contributed by atoms with Gasteiger partial charge in [-0.15, -0.1) is 0 Å². The molecule has 0 nitrogen and oxygen atoms in total. The molecule has 1 saturated carbocycles. The van der Waals surface area contributed by atoms with E-state index < -0.39 is 0 Å². The van der Waals surface area contributed by atoms with Crippen LogP contribution in [0.25, 0.3) is 37.9 Å². The van der Waals surface area contributed by atoms with Crippen LogP contribution in [-0.2, 0) is 0 Å². The first-order valence-electron chi connectivity index (χ1n) is 8.77. The van der Waals surface area contributed by atoms with Crippen molar-refractivity contribution in [2.75, 3.05) is 0 Å². The standard InChI is InChI=1S/C23H18/c1-2-15-6-7-17-8-10-19(21-13-14-4-5-18(21)12-14)20-11-9-16(3-1)22(15)23(17)20/h1-3,6-11,13-14,18H,4-5,12H2. The Morgan fingerprint density at radius 3 is 2.17 bits per heavy atom. The Morgan fingerprint density at radius 2 is 1.43 bits per heavy atom. The van der Waals surface area contributed by atoms with Crippen LogP contribution in [0, 0.1) is 11.8 Å². The second-order valence-corrected chi connectivity index (χ2v) is 7.36. The van der Waals surface area contributed by atoms with Crippen LogP contribution in [0.4, 0.5) is 0 Å². The Labute approximate surface area is 135 Å². The summed E-state index contributed by atoms with van der Waals surface area (Å²) in [6.45, 7) is 0. The lowest BCUT2D eigenvalue weighted by molar-refractivity contribution is 0.695. The van der Waals surface area contributed by atoms with Crippen LogP contribution in [0.1, 0.15) is 24.8 Å². The van der Waals surface area contributed by atoms with Crippen molar-refractivity contribution in [3.05, 3.63) is 66.2 Å². The number of hydrogen-bond donors (Lipinski definition) is 0. The van der Waals surface area contributed by atoms with Crippen LogP contribution in [0.5, 0.6) is 0 Å². The fraction of sp³-hybridized carbons (Fsp3) is 0.217. The summed E-state index contributed by atoms with van der Waals surface area (Å²) in [6.07, 6.45) is 6.75. The first kappa shape index (κ1) is 12.1. The Kier molecular flexibility index (Phi) is 2.18. The summed E-state index contributed by atoms with van der Waals surface area (Å²) in [7, 11) is 0. The van der Waals surface area contributed by atoms with Crippen LogP contribution < -0.4 is 0 Å². The lowest BCUT2D eigenvalue weighted by atomic mass is 9.86. The molecule has 0 aliphatic heterocycles. The molecule has 0 radical (unpaired) electrons. The zero-order chi connectivity index (χ0) is 15.0. The molecule has 0 heteroatoms. The smallest absolute Gasteiger partial charge is 0.00207 e. The Balaban J connectivity index is 1.77. The molecular formula is C23H18. The second kappa shape index (κ2) is 4.14. The average molecular weight is 294 g/mol. The van der Waals surface area contributed by atoms with Crippen LogP contribution in [-0.4, -0.2) is 0 Å². The highest BCUT2D eigenvalue weighted by atomic mass is 14.4. The van der Waals surface area contributed by atoms with E-state index in [1.54, 1.807) is 5.57 Å². The molecule has 6 rings (SSSR count).